The van der Waals surface area contributed by atoms with Crippen LogP contribution in [-0.4, -0.2) is 12.8 Å². The van der Waals surface area contributed by atoms with Gasteiger partial charge in [0.25, 0.3) is 0 Å². The highest BCUT2D eigenvalue weighted by atomic mass is 32.1. The summed E-state index contributed by atoms with van der Waals surface area (Å²) in [6, 6.07) is 0. The maximum Gasteiger partial charge on any atom is 0.513 e. The van der Waals surface area contributed by atoms with Crippen LogP contribution in [0.15, 0.2) is 5.38 Å². The van der Waals surface area contributed by atoms with E-state index in [-0.39, 0.29) is 0 Å². The number of nitrogen functional groups attached to an aromatic ring is 1. The zero-order valence-electron chi connectivity index (χ0n) is 7.49. The average molecular weight is 201 g/mol. The molecule has 0 unspecified atom stereocenters. The third kappa shape index (κ3) is 2.35. The van der Waals surface area contributed by atoms with Gasteiger partial charge in [-0.1, -0.05) is 0 Å². The summed E-state index contributed by atoms with van der Waals surface area (Å²) in [5.74, 6) is 0.376. The van der Waals surface area contributed by atoms with Crippen molar-refractivity contribution < 1.29 is 14.3 Å². The van der Waals surface area contributed by atoms with Crippen molar-refractivity contribution in [3.8, 4) is 5.75 Å². The first-order chi connectivity index (χ1) is 6.15. The Labute approximate surface area is 80.3 Å². The van der Waals surface area contributed by atoms with Gasteiger partial charge in [-0.2, -0.15) is 0 Å². The smallest absolute Gasteiger partial charge is 0.434 e. The van der Waals surface area contributed by atoms with Crippen molar-refractivity contribution in [2.45, 2.75) is 13.8 Å². The van der Waals surface area contributed by atoms with Gasteiger partial charge in [0.05, 0.1) is 12.3 Å². The Morgan fingerprint density at radius 2 is 2.38 bits per heavy atom. The first-order valence-corrected chi connectivity index (χ1v) is 4.71. The summed E-state index contributed by atoms with van der Waals surface area (Å²) in [7, 11) is 0. The maximum atomic E-state index is 10.9. The van der Waals surface area contributed by atoms with E-state index in [1.807, 2.05) is 6.92 Å². The standard InChI is InChI=1S/C8H11NO3S/c1-3-11-8(10)12-6-4-13-5(2)7(6)9/h4H,3,9H2,1-2H3. The quantitative estimate of drug-likeness (QED) is 0.745. The Balaban J connectivity index is 2.64. The Morgan fingerprint density at radius 1 is 1.69 bits per heavy atom. The lowest BCUT2D eigenvalue weighted by atomic mass is 10.4. The third-order valence-corrected chi connectivity index (χ3v) is 2.35. The second-order valence-electron chi connectivity index (χ2n) is 2.35. The fourth-order valence-corrected chi connectivity index (χ4v) is 1.44. The molecule has 0 radical (unpaired) electrons. The zero-order valence-corrected chi connectivity index (χ0v) is 8.31. The molecular weight excluding hydrogens is 190 g/mol. The van der Waals surface area contributed by atoms with Crippen LogP contribution in [0.5, 0.6) is 5.75 Å². The number of thiophene rings is 1. The molecule has 0 saturated carbocycles. The van der Waals surface area contributed by atoms with Gasteiger partial charge in [0.2, 0.25) is 0 Å². The highest BCUT2D eigenvalue weighted by molar-refractivity contribution is 7.10. The highest BCUT2D eigenvalue weighted by Crippen LogP contribution is 2.31. The Bertz CT molecular complexity index is 308. The van der Waals surface area contributed by atoms with Crippen LogP contribution in [0.2, 0.25) is 0 Å². The molecule has 1 aromatic heterocycles. The number of rotatable bonds is 2. The van der Waals surface area contributed by atoms with Crippen molar-refractivity contribution in [3.63, 3.8) is 0 Å². The first kappa shape index (κ1) is 9.85. The molecule has 72 valence electrons. The number of ether oxygens (including phenoxy) is 2. The van der Waals surface area contributed by atoms with Gasteiger partial charge in [-0.15, -0.1) is 11.3 Å². The van der Waals surface area contributed by atoms with Crippen molar-refractivity contribution in [1.29, 1.82) is 0 Å². The molecule has 1 heterocycles. The van der Waals surface area contributed by atoms with E-state index in [2.05, 4.69) is 4.74 Å². The molecule has 1 aromatic rings. The van der Waals surface area contributed by atoms with Crippen molar-refractivity contribution in [2.24, 2.45) is 0 Å². The lowest BCUT2D eigenvalue weighted by molar-refractivity contribution is 0.104. The second-order valence-corrected chi connectivity index (χ2v) is 3.44. The Kier molecular flexibility index (Phi) is 3.13. The molecule has 2 N–H and O–H groups in total. The van der Waals surface area contributed by atoms with Crippen LogP contribution in [0.25, 0.3) is 0 Å². The van der Waals surface area contributed by atoms with Gasteiger partial charge in [0.1, 0.15) is 0 Å². The number of anilines is 1. The van der Waals surface area contributed by atoms with E-state index in [0.717, 1.165) is 4.88 Å². The molecule has 0 amide bonds. The van der Waals surface area contributed by atoms with Crippen LogP contribution in [0.3, 0.4) is 0 Å². The van der Waals surface area contributed by atoms with Crippen LogP contribution in [0, 0.1) is 6.92 Å². The fraction of sp³-hybridized carbons (Fsp3) is 0.375. The average Bonchev–Trinajstić information content (AvgIpc) is 2.37. The van der Waals surface area contributed by atoms with E-state index < -0.39 is 6.16 Å². The number of carbonyl (C=O) groups is 1. The van der Waals surface area contributed by atoms with Gasteiger partial charge in [0, 0.05) is 10.3 Å². The van der Waals surface area contributed by atoms with Gasteiger partial charge < -0.3 is 15.2 Å². The van der Waals surface area contributed by atoms with Crippen LogP contribution in [-0.2, 0) is 4.74 Å². The number of nitrogens with two attached hydrogens (primary N) is 1. The lowest BCUT2D eigenvalue weighted by Gasteiger charge is -2.02. The van der Waals surface area contributed by atoms with Crippen LogP contribution >= 0.6 is 11.3 Å². The second kappa shape index (κ2) is 4.13. The molecule has 0 aromatic carbocycles. The highest BCUT2D eigenvalue weighted by Gasteiger charge is 2.11. The molecule has 0 aliphatic rings. The summed E-state index contributed by atoms with van der Waals surface area (Å²) in [6.45, 7) is 3.86. The molecule has 0 spiro atoms. The number of hydrogen-bond acceptors (Lipinski definition) is 5. The molecule has 13 heavy (non-hydrogen) atoms. The predicted octanol–water partition coefficient (Wildman–Crippen LogP) is 2.17. The number of hydrogen-bond donors (Lipinski definition) is 1. The van der Waals surface area contributed by atoms with Crippen molar-refractivity contribution in [2.75, 3.05) is 12.3 Å². The lowest BCUT2D eigenvalue weighted by Crippen LogP contribution is -2.10. The van der Waals surface area contributed by atoms with Crippen molar-refractivity contribution >= 4 is 23.2 Å². The van der Waals surface area contributed by atoms with E-state index in [0.29, 0.717) is 18.0 Å². The van der Waals surface area contributed by atoms with E-state index in [4.69, 9.17) is 10.5 Å². The molecule has 1 rings (SSSR count). The molecule has 0 aliphatic heterocycles. The molecule has 0 aliphatic carbocycles. The summed E-state index contributed by atoms with van der Waals surface area (Å²) >= 11 is 1.43. The minimum atomic E-state index is -0.716. The van der Waals surface area contributed by atoms with E-state index >= 15 is 0 Å². The maximum absolute atomic E-state index is 10.9. The van der Waals surface area contributed by atoms with E-state index in [1.165, 1.54) is 11.3 Å². The normalized spacial score (nSPS) is 9.69. The summed E-state index contributed by atoms with van der Waals surface area (Å²) in [5, 5.41) is 1.68. The topological polar surface area (TPSA) is 61.5 Å². The van der Waals surface area contributed by atoms with Gasteiger partial charge in [0.15, 0.2) is 5.75 Å². The van der Waals surface area contributed by atoms with Crippen molar-refractivity contribution in [3.05, 3.63) is 10.3 Å². The minimum absolute atomic E-state index is 0.294. The molecular formula is C8H11NO3S. The monoisotopic (exact) mass is 201 g/mol. The summed E-state index contributed by atoms with van der Waals surface area (Å²) in [5.41, 5.74) is 6.12. The van der Waals surface area contributed by atoms with Crippen LogP contribution < -0.4 is 10.5 Å². The Hall–Kier alpha value is -1.23. The molecule has 5 heteroatoms. The van der Waals surface area contributed by atoms with Crippen LogP contribution in [0.4, 0.5) is 10.5 Å². The Morgan fingerprint density at radius 3 is 2.85 bits per heavy atom. The number of carbonyl (C=O) groups excluding carboxylic acids is 1. The molecule has 0 atom stereocenters. The molecule has 4 nitrogen and oxygen atoms in total. The van der Waals surface area contributed by atoms with Crippen molar-refractivity contribution in [1.82, 2.24) is 0 Å². The zero-order chi connectivity index (χ0) is 9.84. The van der Waals surface area contributed by atoms with Gasteiger partial charge in [-0.05, 0) is 13.8 Å². The predicted molar refractivity (Wildman–Crippen MR) is 51.1 cm³/mol. The molecule has 0 saturated heterocycles. The van der Waals surface area contributed by atoms with E-state index in [1.54, 1.807) is 12.3 Å². The van der Waals surface area contributed by atoms with E-state index in [9.17, 15) is 4.79 Å². The minimum Gasteiger partial charge on any atom is -0.434 e. The SMILES string of the molecule is CCOC(=O)Oc1csc(C)c1N. The summed E-state index contributed by atoms with van der Waals surface area (Å²) < 4.78 is 9.43. The molecule has 0 fully saturated rings. The van der Waals surface area contributed by atoms with Crippen LogP contribution in [0.1, 0.15) is 11.8 Å². The first-order valence-electron chi connectivity index (χ1n) is 3.83. The molecule has 0 bridgehead atoms. The number of aryl methyl sites for hydroxylation is 1. The van der Waals surface area contributed by atoms with Gasteiger partial charge in [-0.25, -0.2) is 4.79 Å². The van der Waals surface area contributed by atoms with Gasteiger partial charge in [-0.3, -0.25) is 0 Å². The summed E-state index contributed by atoms with van der Waals surface area (Å²) in [4.78, 5) is 11.8. The largest absolute Gasteiger partial charge is 0.513 e. The fourth-order valence-electron chi connectivity index (χ4n) is 0.758. The third-order valence-electron chi connectivity index (χ3n) is 1.44. The van der Waals surface area contributed by atoms with Gasteiger partial charge >= 0.3 is 6.16 Å². The summed E-state index contributed by atoms with van der Waals surface area (Å²) in [6.07, 6.45) is -0.716.